The summed E-state index contributed by atoms with van der Waals surface area (Å²) in [4.78, 5) is 0. The van der Waals surface area contributed by atoms with Crippen molar-refractivity contribution < 1.29 is 4.74 Å². The number of ether oxygens (including phenoxy) is 1. The van der Waals surface area contributed by atoms with Crippen LogP contribution in [0.2, 0.25) is 0 Å². The van der Waals surface area contributed by atoms with Crippen molar-refractivity contribution in [2.75, 3.05) is 18.5 Å². The van der Waals surface area contributed by atoms with E-state index in [9.17, 15) is 0 Å². The van der Waals surface area contributed by atoms with Gasteiger partial charge in [0.05, 0.1) is 6.61 Å². The summed E-state index contributed by atoms with van der Waals surface area (Å²) < 4.78 is 5.62. The highest BCUT2D eigenvalue weighted by molar-refractivity contribution is 5.46. The molecule has 3 nitrogen and oxygen atoms in total. The van der Waals surface area contributed by atoms with Gasteiger partial charge in [-0.25, -0.2) is 0 Å². The molecule has 0 radical (unpaired) electrons. The Hall–Kier alpha value is -1.22. The van der Waals surface area contributed by atoms with E-state index < -0.39 is 0 Å². The van der Waals surface area contributed by atoms with Gasteiger partial charge in [0.1, 0.15) is 5.75 Å². The highest BCUT2D eigenvalue weighted by Crippen LogP contribution is 2.16. The third kappa shape index (κ3) is 5.59. The van der Waals surface area contributed by atoms with Crippen LogP contribution in [0, 0.1) is 5.92 Å². The SMILES string of the molecule is CCC(N)CNc1ccc(OCC(C)C)cc1. The first-order valence-corrected chi connectivity index (χ1v) is 6.34. The van der Waals surface area contributed by atoms with Gasteiger partial charge in [0.25, 0.3) is 0 Å². The van der Waals surface area contributed by atoms with E-state index >= 15 is 0 Å². The fraction of sp³-hybridized carbons (Fsp3) is 0.571. The van der Waals surface area contributed by atoms with Crippen LogP contribution in [-0.4, -0.2) is 19.2 Å². The summed E-state index contributed by atoms with van der Waals surface area (Å²) in [5.74, 6) is 1.47. The summed E-state index contributed by atoms with van der Waals surface area (Å²) in [6.45, 7) is 7.94. The lowest BCUT2D eigenvalue weighted by Gasteiger charge is -2.12. The molecule has 0 saturated carbocycles. The lowest BCUT2D eigenvalue weighted by Crippen LogP contribution is -2.27. The normalized spacial score (nSPS) is 12.5. The largest absolute Gasteiger partial charge is 0.493 e. The zero-order valence-corrected chi connectivity index (χ0v) is 11.1. The predicted molar refractivity (Wildman–Crippen MR) is 73.5 cm³/mol. The molecular weight excluding hydrogens is 212 g/mol. The molecule has 0 saturated heterocycles. The molecule has 0 spiro atoms. The molecule has 17 heavy (non-hydrogen) atoms. The van der Waals surface area contributed by atoms with E-state index in [1.807, 2.05) is 24.3 Å². The van der Waals surface area contributed by atoms with Gasteiger partial charge in [-0.2, -0.15) is 0 Å². The van der Waals surface area contributed by atoms with Crippen molar-refractivity contribution in [1.29, 1.82) is 0 Å². The van der Waals surface area contributed by atoms with Gasteiger partial charge in [0, 0.05) is 18.3 Å². The van der Waals surface area contributed by atoms with Gasteiger partial charge in [-0.15, -0.1) is 0 Å². The molecule has 1 aromatic rings. The maximum absolute atomic E-state index is 5.84. The van der Waals surface area contributed by atoms with Crippen LogP contribution < -0.4 is 15.8 Å². The summed E-state index contributed by atoms with van der Waals surface area (Å²) in [5, 5.41) is 3.31. The lowest BCUT2D eigenvalue weighted by molar-refractivity contribution is 0.271. The van der Waals surface area contributed by atoms with Crippen molar-refractivity contribution in [1.82, 2.24) is 0 Å². The van der Waals surface area contributed by atoms with Crippen LogP contribution in [0.1, 0.15) is 27.2 Å². The molecule has 96 valence electrons. The molecular formula is C14H24N2O. The topological polar surface area (TPSA) is 47.3 Å². The molecule has 1 aromatic carbocycles. The number of benzene rings is 1. The van der Waals surface area contributed by atoms with Crippen LogP contribution in [0.5, 0.6) is 5.75 Å². The Kier molecular flexibility index (Phi) is 5.84. The molecule has 1 rings (SSSR count). The van der Waals surface area contributed by atoms with Crippen LogP contribution in [-0.2, 0) is 0 Å². The van der Waals surface area contributed by atoms with Gasteiger partial charge >= 0.3 is 0 Å². The number of rotatable bonds is 7. The van der Waals surface area contributed by atoms with E-state index in [0.29, 0.717) is 5.92 Å². The first-order valence-electron chi connectivity index (χ1n) is 6.34. The second kappa shape index (κ2) is 7.17. The van der Waals surface area contributed by atoms with Gasteiger partial charge in [0.2, 0.25) is 0 Å². The molecule has 3 N–H and O–H groups in total. The Balaban J connectivity index is 2.39. The zero-order valence-electron chi connectivity index (χ0n) is 11.1. The molecule has 0 aliphatic carbocycles. The van der Waals surface area contributed by atoms with Crippen LogP contribution in [0.15, 0.2) is 24.3 Å². The van der Waals surface area contributed by atoms with Gasteiger partial charge in [-0.3, -0.25) is 0 Å². The molecule has 1 atom stereocenters. The average Bonchev–Trinajstić information content (AvgIpc) is 2.34. The van der Waals surface area contributed by atoms with Crippen LogP contribution in [0.25, 0.3) is 0 Å². The van der Waals surface area contributed by atoms with Gasteiger partial charge in [-0.1, -0.05) is 20.8 Å². The molecule has 0 fully saturated rings. The van der Waals surface area contributed by atoms with Crippen LogP contribution in [0.3, 0.4) is 0 Å². The van der Waals surface area contributed by atoms with Crippen LogP contribution >= 0.6 is 0 Å². The molecule has 0 aliphatic heterocycles. The summed E-state index contributed by atoms with van der Waals surface area (Å²) in [6, 6.07) is 8.24. The second-order valence-corrected chi connectivity index (χ2v) is 4.78. The van der Waals surface area contributed by atoms with E-state index in [1.165, 1.54) is 0 Å². The quantitative estimate of drug-likeness (QED) is 0.765. The summed E-state index contributed by atoms with van der Waals surface area (Å²) in [7, 11) is 0. The molecule has 0 amide bonds. The van der Waals surface area contributed by atoms with Crippen LogP contribution in [0.4, 0.5) is 5.69 Å². The first kappa shape index (κ1) is 13.8. The van der Waals surface area contributed by atoms with E-state index in [1.54, 1.807) is 0 Å². The van der Waals surface area contributed by atoms with E-state index in [-0.39, 0.29) is 6.04 Å². The van der Waals surface area contributed by atoms with Crippen molar-refractivity contribution in [2.24, 2.45) is 11.7 Å². The minimum atomic E-state index is 0.215. The molecule has 0 heterocycles. The standard InChI is InChI=1S/C14H24N2O/c1-4-12(15)9-16-13-5-7-14(8-6-13)17-10-11(2)3/h5-8,11-12,16H,4,9-10,15H2,1-3H3. The summed E-state index contributed by atoms with van der Waals surface area (Å²) in [6.07, 6.45) is 0.989. The highest BCUT2D eigenvalue weighted by Gasteiger charge is 2.00. The number of hydrogen-bond donors (Lipinski definition) is 2. The maximum Gasteiger partial charge on any atom is 0.119 e. The molecule has 0 aliphatic rings. The lowest BCUT2D eigenvalue weighted by atomic mass is 10.2. The Morgan fingerprint density at radius 1 is 1.24 bits per heavy atom. The monoisotopic (exact) mass is 236 g/mol. The minimum Gasteiger partial charge on any atom is -0.493 e. The van der Waals surface area contributed by atoms with E-state index in [0.717, 1.165) is 31.0 Å². The number of nitrogens with one attached hydrogen (secondary N) is 1. The van der Waals surface area contributed by atoms with Gasteiger partial charge in [-0.05, 0) is 36.6 Å². The fourth-order valence-electron chi connectivity index (χ4n) is 1.33. The third-order valence-electron chi connectivity index (χ3n) is 2.53. The Morgan fingerprint density at radius 3 is 2.41 bits per heavy atom. The Bertz CT molecular complexity index is 309. The van der Waals surface area contributed by atoms with Crippen molar-refractivity contribution in [3.63, 3.8) is 0 Å². The Labute approximate surface area is 104 Å². The maximum atomic E-state index is 5.84. The third-order valence-corrected chi connectivity index (χ3v) is 2.53. The highest BCUT2D eigenvalue weighted by atomic mass is 16.5. The zero-order chi connectivity index (χ0) is 12.7. The van der Waals surface area contributed by atoms with Crippen molar-refractivity contribution >= 4 is 5.69 Å². The summed E-state index contributed by atoms with van der Waals surface area (Å²) >= 11 is 0. The molecule has 1 unspecified atom stereocenters. The smallest absolute Gasteiger partial charge is 0.119 e. The molecule has 0 bridgehead atoms. The first-order chi connectivity index (χ1) is 8.11. The number of hydrogen-bond acceptors (Lipinski definition) is 3. The van der Waals surface area contributed by atoms with Gasteiger partial charge in [0.15, 0.2) is 0 Å². The number of nitrogens with two attached hydrogens (primary N) is 1. The van der Waals surface area contributed by atoms with E-state index in [2.05, 4.69) is 26.1 Å². The number of anilines is 1. The molecule has 0 aromatic heterocycles. The van der Waals surface area contributed by atoms with Crippen molar-refractivity contribution in [2.45, 2.75) is 33.2 Å². The minimum absolute atomic E-state index is 0.215. The molecule has 3 heteroatoms. The predicted octanol–water partition coefficient (Wildman–Crippen LogP) is 2.87. The Morgan fingerprint density at radius 2 is 1.88 bits per heavy atom. The van der Waals surface area contributed by atoms with Crippen molar-refractivity contribution in [3.05, 3.63) is 24.3 Å². The average molecular weight is 236 g/mol. The van der Waals surface area contributed by atoms with Gasteiger partial charge < -0.3 is 15.8 Å². The van der Waals surface area contributed by atoms with E-state index in [4.69, 9.17) is 10.5 Å². The fourth-order valence-corrected chi connectivity index (χ4v) is 1.33. The van der Waals surface area contributed by atoms with Crippen molar-refractivity contribution in [3.8, 4) is 5.75 Å². The second-order valence-electron chi connectivity index (χ2n) is 4.78. The summed E-state index contributed by atoms with van der Waals surface area (Å²) in [5.41, 5.74) is 6.93.